The van der Waals surface area contributed by atoms with Crippen molar-refractivity contribution >= 4 is 23.1 Å². The fraction of sp³-hybridized carbons (Fsp3) is 0.0625. The van der Waals surface area contributed by atoms with Crippen molar-refractivity contribution in [2.45, 2.75) is 11.2 Å². The predicted octanol–water partition coefficient (Wildman–Crippen LogP) is 6.06. The molecule has 4 heteroatoms. The summed E-state index contributed by atoms with van der Waals surface area (Å²) in [6.45, 7) is 0. The van der Waals surface area contributed by atoms with Gasteiger partial charge in [-0.2, -0.15) is 0 Å². The summed E-state index contributed by atoms with van der Waals surface area (Å²) >= 11 is 0. The molecule has 0 bridgehead atoms. The van der Waals surface area contributed by atoms with Crippen LogP contribution >= 0.6 is 0 Å². The Kier molecular flexibility index (Phi) is 5.15. The normalized spacial score (nSPS) is 23.0. The van der Waals surface area contributed by atoms with Crippen molar-refractivity contribution in [3.05, 3.63) is 156 Å². The molecule has 2 aliphatic heterocycles. The van der Waals surface area contributed by atoms with Gasteiger partial charge in [0.25, 0.3) is 0 Å². The van der Waals surface area contributed by atoms with Crippen molar-refractivity contribution in [1.29, 1.82) is 0 Å². The van der Waals surface area contributed by atoms with E-state index in [1.165, 1.54) is 0 Å². The van der Waals surface area contributed by atoms with Gasteiger partial charge in [-0.05, 0) is 23.3 Å². The van der Waals surface area contributed by atoms with Crippen LogP contribution in [-0.4, -0.2) is 11.9 Å². The Balaban J connectivity index is 1.67. The number of cyclic esters (lactones) is 2. The third kappa shape index (κ3) is 3.30. The van der Waals surface area contributed by atoms with Crippen LogP contribution in [0.3, 0.4) is 0 Å². The van der Waals surface area contributed by atoms with E-state index in [0.29, 0.717) is 22.3 Å². The molecular formula is C32H22O4. The molecule has 0 radical (unpaired) electrons. The Bertz CT molecular complexity index is 1370. The van der Waals surface area contributed by atoms with Crippen molar-refractivity contribution in [2.24, 2.45) is 0 Å². The van der Waals surface area contributed by atoms with Gasteiger partial charge in [0.2, 0.25) is 11.2 Å². The molecule has 0 spiro atoms. The van der Waals surface area contributed by atoms with Crippen molar-refractivity contribution in [3.63, 3.8) is 0 Å². The minimum absolute atomic E-state index is 0.423. The summed E-state index contributed by atoms with van der Waals surface area (Å²) < 4.78 is 12.6. The van der Waals surface area contributed by atoms with E-state index in [-0.39, 0.29) is 0 Å². The molecule has 4 aromatic carbocycles. The lowest BCUT2D eigenvalue weighted by atomic mass is 9.72. The smallest absolute Gasteiger partial charge is 0.339 e. The molecule has 0 unspecified atom stereocenters. The zero-order chi connectivity index (χ0) is 24.6. The van der Waals surface area contributed by atoms with Gasteiger partial charge in [0.05, 0.1) is 11.1 Å². The molecule has 4 nitrogen and oxygen atoms in total. The van der Waals surface area contributed by atoms with Crippen LogP contribution in [0.2, 0.25) is 0 Å². The molecule has 0 N–H and O–H groups in total. The SMILES string of the molecule is O=C1O[C@@](c2ccccc2)([C@@]2(c3ccccc3)C=C(c3ccccc3)C(=O)O2)C=C1c1ccccc1. The summed E-state index contributed by atoms with van der Waals surface area (Å²) in [5, 5.41) is 0. The van der Waals surface area contributed by atoms with Gasteiger partial charge in [-0.25, -0.2) is 9.59 Å². The van der Waals surface area contributed by atoms with Crippen molar-refractivity contribution in [2.75, 3.05) is 0 Å². The Labute approximate surface area is 209 Å². The third-order valence-corrected chi connectivity index (χ3v) is 6.77. The molecule has 0 aromatic heterocycles. The van der Waals surface area contributed by atoms with Crippen molar-refractivity contribution in [1.82, 2.24) is 0 Å². The van der Waals surface area contributed by atoms with E-state index in [2.05, 4.69) is 0 Å². The number of ether oxygens (including phenoxy) is 2. The maximum absolute atomic E-state index is 13.5. The van der Waals surface area contributed by atoms with Crippen LogP contribution in [-0.2, 0) is 30.3 Å². The first-order valence-corrected chi connectivity index (χ1v) is 11.8. The van der Waals surface area contributed by atoms with Gasteiger partial charge in [-0.3, -0.25) is 0 Å². The summed E-state index contributed by atoms with van der Waals surface area (Å²) in [4.78, 5) is 27.0. The topological polar surface area (TPSA) is 52.6 Å². The summed E-state index contributed by atoms with van der Waals surface area (Å²) in [7, 11) is 0. The predicted molar refractivity (Wildman–Crippen MR) is 137 cm³/mol. The second-order valence-corrected chi connectivity index (χ2v) is 8.83. The number of hydrogen-bond donors (Lipinski definition) is 0. The lowest BCUT2D eigenvalue weighted by Gasteiger charge is -2.42. The second kappa shape index (κ2) is 8.51. The number of esters is 2. The van der Waals surface area contributed by atoms with E-state index >= 15 is 0 Å². The summed E-state index contributed by atoms with van der Waals surface area (Å²) in [5.41, 5.74) is 0.867. The van der Waals surface area contributed by atoms with Crippen LogP contribution in [0.1, 0.15) is 22.3 Å². The maximum Gasteiger partial charge on any atom is 0.339 e. The molecule has 6 rings (SSSR count). The van der Waals surface area contributed by atoms with Crippen LogP contribution < -0.4 is 0 Å². The number of benzene rings is 4. The van der Waals surface area contributed by atoms with Crippen molar-refractivity contribution < 1.29 is 19.1 Å². The average molecular weight is 471 g/mol. The highest BCUT2D eigenvalue weighted by atomic mass is 16.6. The lowest BCUT2D eigenvalue weighted by Crippen LogP contribution is -2.48. The molecule has 0 fully saturated rings. The van der Waals surface area contributed by atoms with E-state index in [4.69, 9.17) is 9.47 Å². The molecule has 2 atom stereocenters. The van der Waals surface area contributed by atoms with E-state index in [1.807, 2.05) is 133 Å². The average Bonchev–Trinajstić information content (AvgIpc) is 3.50. The molecule has 0 aliphatic carbocycles. The van der Waals surface area contributed by atoms with E-state index in [0.717, 1.165) is 11.1 Å². The quantitative estimate of drug-likeness (QED) is 0.333. The monoisotopic (exact) mass is 470 g/mol. The van der Waals surface area contributed by atoms with E-state index in [1.54, 1.807) is 0 Å². The van der Waals surface area contributed by atoms with Gasteiger partial charge in [-0.1, -0.05) is 121 Å². The van der Waals surface area contributed by atoms with Gasteiger partial charge in [0, 0.05) is 11.1 Å². The first-order chi connectivity index (χ1) is 17.6. The molecule has 0 amide bonds. The summed E-state index contributed by atoms with van der Waals surface area (Å²) in [5.74, 6) is -0.948. The molecule has 0 saturated carbocycles. The van der Waals surface area contributed by atoms with Crippen LogP contribution in [0.5, 0.6) is 0 Å². The first-order valence-electron chi connectivity index (χ1n) is 11.8. The Hall–Kier alpha value is -4.70. The zero-order valence-corrected chi connectivity index (χ0v) is 19.3. The Morgan fingerprint density at radius 1 is 0.417 bits per heavy atom. The maximum atomic E-state index is 13.5. The Morgan fingerprint density at radius 2 is 0.722 bits per heavy atom. The highest BCUT2D eigenvalue weighted by molar-refractivity contribution is 6.21. The molecule has 36 heavy (non-hydrogen) atoms. The number of carbonyl (C=O) groups is 2. The van der Waals surface area contributed by atoms with E-state index in [9.17, 15) is 9.59 Å². The molecular weight excluding hydrogens is 448 g/mol. The standard InChI is InChI=1S/C32H22O4/c33-29-27(23-13-5-1-6-14-23)21-31(35-29,25-17-9-3-10-18-25)32(26-19-11-4-12-20-26)22-28(30(34)36-32)24-15-7-2-8-16-24/h1-22H/t31-,32-/m0/s1. The fourth-order valence-corrected chi connectivity index (χ4v) is 5.07. The minimum Gasteiger partial charge on any atom is -0.441 e. The van der Waals surface area contributed by atoms with Crippen LogP contribution in [0, 0.1) is 0 Å². The van der Waals surface area contributed by atoms with Crippen molar-refractivity contribution in [3.8, 4) is 0 Å². The second-order valence-electron chi connectivity index (χ2n) is 8.83. The van der Waals surface area contributed by atoms with Gasteiger partial charge >= 0.3 is 11.9 Å². The molecule has 2 heterocycles. The van der Waals surface area contributed by atoms with Crippen LogP contribution in [0.25, 0.3) is 11.1 Å². The highest BCUT2D eigenvalue weighted by Gasteiger charge is 2.63. The summed E-state index contributed by atoms with van der Waals surface area (Å²) in [6.07, 6.45) is 3.62. The molecule has 174 valence electrons. The number of carbonyl (C=O) groups excluding carboxylic acids is 2. The largest absolute Gasteiger partial charge is 0.441 e. The van der Waals surface area contributed by atoms with Gasteiger partial charge < -0.3 is 9.47 Å². The van der Waals surface area contributed by atoms with Gasteiger partial charge in [0.1, 0.15) is 0 Å². The fourth-order valence-electron chi connectivity index (χ4n) is 5.07. The highest BCUT2D eigenvalue weighted by Crippen LogP contribution is 2.56. The van der Waals surface area contributed by atoms with E-state index < -0.39 is 23.1 Å². The number of hydrogen-bond acceptors (Lipinski definition) is 4. The third-order valence-electron chi connectivity index (χ3n) is 6.77. The Morgan fingerprint density at radius 3 is 1.06 bits per heavy atom. The molecule has 4 aromatic rings. The lowest BCUT2D eigenvalue weighted by molar-refractivity contribution is -0.183. The molecule has 0 saturated heterocycles. The number of rotatable bonds is 5. The van der Waals surface area contributed by atoms with Crippen LogP contribution in [0.4, 0.5) is 0 Å². The van der Waals surface area contributed by atoms with Gasteiger partial charge in [0.15, 0.2) is 0 Å². The van der Waals surface area contributed by atoms with Crippen LogP contribution in [0.15, 0.2) is 133 Å². The minimum atomic E-state index is -1.43. The van der Waals surface area contributed by atoms with Gasteiger partial charge in [-0.15, -0.1) is 0 Å². The first kappa shape index (κ1) is 21.8. The molecule has 2 aliphatic rings. The zero-order valence-electron chi connectivity index (χ0n) is 19.3. The summed E-state index contributed by atoms with van der Waals surface area (Å²) in [6, 6.07) is 37.7.